The molecule has 2 aliphatic carbocycles. The van der Waals surface area contributed by atoms with Gasteiger partial charge in [0.25, 0.3) is 0 Å². The van der Waals surface area contributed by atoms with Crippen molar-refractivity contribution in [3.63, 3.8) is 0 Å². The van der Waals surface area contributed by atoms with Gasteiger partial charge in [0.2, 0.25) is 0 Å². The van der Waals surface area contributed by atoms with Crippen LogP contribution in [-0.4, -0.2) is 6.04 Å². The molecule has 11 heavy (non-hydrogen) atoms. The monoisotopic (exact) mass is 153 g/mol. The van der Waals surface area contributed by atoms with Crippen molar-refractivity contribution < 1.29 is 0 Å². The second kappa shape index (κ2) is 2.22. The van der Waals surface area contributed by atoms with Crippen molar-refractivity contribution in [1.82, 2.24) is 0 Å². The zero-order valence-electron chi connectivity index (χ0n) is 7.64. The Morgan fingerprint density at radius 3 is 2.55 bits per heavy atom. The highest BCUT2D eigenvalue weighted by Gasteiger charge is 2.52. The first kappa shape index (κ1) is 7.60. The first-order chi connectivity index (χ1) is 5.18. The van der Waals surface area contributed by atoms with Crippen LogP contribution in [-0.2, 0) is 0 Å². The molecule has 2 N–H and O–H groups in total. The molecule has 0 amide bonds. The SMILES string of the molecule is CC[C@]1(C)[C@@H]2CC[C@@H](C2)[C@@H]1N. The molecule has 2 fully saturated rings. The van der Waals surface area contributed by atoms with E-state index in [1.807, 2.05) is 0 Å². The first-order valence-corrected chi connectivity index (χ1v) is 4.94. The van der Waals surface area contributed by atoms with Crippen LogP contribution >= 0.6 is 0 Å². The molecule has 0 aromatic carbocycles. The molecule has 0 heterocycles. The Morgan fingerprint density at radius 2 is 2.18 bits per heavy atom. The van der Waals surface area contributed by atoms with Gasteiger partial charge in [-0.05, 0) is 42.9 Å². The highest BCUT2D eigenvalue weighted by molar-refractivity contribution is 5.05. The van der Waals surface area contributed by atoms with E-state index in [1.54, 1.807) is 0 Å². The Balaban J connectivity index is 2.23. The van der Waals surface area contributed by atoms with Gasteiger partial charge in [0.1, 0.15) is 0 Å². The summed E-state index contributed by atoms with van der Waals surface area (Å²) in [7, 11) is 0. The summed E-state index contributed by atoms with van der Waals surface area (Å²) in [6.07, 6.45) is 5.55. The van der Waals surface area contributed by atoms with Gasteiger partial charge in [0.05, 0.1) is 0 Å². The summed E-state index contributed by atoms with van der Waals surface area (Å²) in [6, 6.07) is 0.506. The smallest absolute Gasteiger partial charge is 0.0124 e. The fourth-order valence-electron chi connectivity index (χ4n) is 3.28. The van der Waals surface area contributed by atoms with Crippen molar-refractivity contribution in [2.24, 2.45) is 23.0 Å². The fourth-order valence-corrected chi connectivity index (χ4v) is 3.28. The van der Waals surface area contributed by atoms with Gasteiger partial charge in [-0.3, -0.25) is 0 Å². The average molecular weight is 153 g/mol. The quantitative estimate of drug-likeness (QED) is 0.614. The van der Waals surface area contributed by atoms with Crippen molar-refractivity contribution in [3.8, 4) is 0 Å². The zero-order valence-corrected chi connectivity index (χ0v) is 7.64. The largest absolute Gasteiger partial charge is 0.327 e. The van der Waals surface area contributed by atoms with Gasteiger partial charge >= 0.3 is 0 Å². The van der Waals surface area contributed by atoms with E-state index < -0.39 is 0 Å². The molecule has 1 heteroatoms. The minimum atomic E-state index is 0.489. The molecule has 0 aliphatic heterocycles. The highest BCUT2D eigenvalue weighted by atomic mass is 14.8. The molecule has 64 valence electrons. The number of rotatable bonds is 1. The molecule has 2 rings (SSSR count). The lowest BCUT2D eigenvalue weighted by Crippen LogP contribution is -2.43. The fraction of sp³-hybridized carbons (Fsp3) is 1.00. The average Bonchev–Trinajstić information content (AvgIpc) is 2.56. The van der Waals surface area contributed by atoms with Crippen molar-refractivity contribution >= 4 is 0 Å². The van der Waals surface area contributed by atoms with Gasteiger partial charge in [0, 0.05) is 6.04 Å². The normalized spacial score (nSPS) is 55.4. The molecule has 0 unspecified atom stereocenters. The van der Waals surface area contributed by atoms with Gasteiger partial charge < -0.3 is 5.73 Å². The molecule has 0 spiro atoms. The Hall–Kier alpha value is -0.0400. The predicted molar refractivity (Wildman–Crippen MR) is 47.2 cm³/mol. The van der Waals surface area contributed by atoms with E-state index in [4.69, 9.17) is 5.73 Å². The number of hydrogen-bond acceptors (Lipinski definition) is 1. The van der Waals surface area contributed by atoms with Crippen molar-refractivity contribution in [2.45, 2.75) is 45.6 Å². The zero-order chi connectivity index (χ0) is 8.06. The van der Waals surface area contributed by atoms with Gasteiger partial charge in [-0.2, -0.15) is 0 Å². The second-order valence-electron chi connectivity index (χ2n) is 4.66. The maximum absolute atomic E-state index is 6.21. The summed E-state index contributed by atoms with van der Waals surface area (Å²) in [5, 5.41) is 0. The first-order valence-electron chi connectivity index (χ1n) is 4.94. The third-order valence-electron chi connectivity index (χ3n) is 4.44. The second-order valence-corrected chi connectivity index (χ2v) is 4.66. The summed E-state index contributed by atoms with van der Waals surface area (Å²) >= 11 is 0. The summed E-state index contributed by atoms with van der Waals surface area (Å²) < 4.78 is 0. The maximum atomic E-state index is 6.21. The minimum Gasteiger partial charge on any atom is -0.327 e. The van der Waals surface area contributed by atoms with E-state index in [2.05, 4.69) is 13.8 Å². The minimum absolute atomic E-state index is 0.489. The Labute approximate surface area is 69.4 Å². The summed E-state index contributed by atoms with van der Waals surface area (Å²) in [4.78, 5) is 0. The third-order valence-corrected chi connectivity index (χ3v) is 4.44. The highest BCUT2D eigenvalue weighted by Crippen LogP contribution is 2.56. The van der Waals surface area contributed by atoms with Crippen LogP contribution in [0, 0.1) is 17.3 Å². The molecule has 2 saturated carbocycles. The van der Waals surface area contributed by atoms with Crippen molar-refractivity contribution in [1.29, 1.82) is 0 Å². The lowest BCUT2D eigenvalue weighted by atomic mass is 9.70. The summed E-state index contributed by atoms with van der Waals surface area (Å²) in [5.41, 5.74) is 6.70. The van der Waals surface area contributed by atoms with Gasteiger partial charge in [-0.1, -0.05) is 13.8 Å². The van der Waals surface area contributed by atoms with Crippen LogP contribution in [0.5, 0.6) is 0 Å². The number of fused-ring (bicyclic) bond motifs is 2. The Kier molecular flexibility index (Phi) is 1.54. The van der Waals surface area contributed by atoms with Gasteiger partial charge in [-0.15, -0.1) is 0 Å². The van der Waals surface area contributed by atoms with Gasteiger partial charge in [0.15, 0.2) is 0 Å². The predicted octanol–water partition coefficient (Wildman–Crippen LogP) is 2.16. The van der Waals surface area contributed by atoms with E-state index in [0.717, 1.165) is 11.8 Å². The topological polar surface area (TPSA) is 26.0 Å². The van der Waals surface area contributed by atoms with Gasteiger partial charge in [-0.25, -0.2) is 0 Å². The van der Waals surface area contributed by atoms with E-state index in [0.29, 0.717) is 11.5 Å². The van der Waals surface area contributed by atoms with Crippen LogP contribution in [0.3, 0.4) is 0 Å². The van der Waals surface area contributed by atoms with Crippen LogP contribution in [0.2, 0.25) is 0 Å². The molecule has 0 radical (unpaired) electrons. The van der Waals surface area contributed by atoms with Crippen LogP contribution < -0.4 is 5.73 Å². The van der Waals surface area contributed by atoms with Crippen molar-refractivity contribution in [3.05, 3.63) is 0 Å². The van der Waals surface area contributed by atoms with Crippen LogP contribution in [0.15, 0.2) is 0 Å². The van der Waals surface area contributed by atoms with E-state index in [-0.39, 0.29) is 0 Å². The molecular formula is C10H19N. The van der Waals surface area contributed by atoms with E-state index >= 15 is 0 Å². The molecular weight excluding hydrogens is 134 g/mol. The molecule has 1 nitrogen and oxygen atoms in total. The van der Waals surface area contributed by atoms with E-state index in [1.165, 1.54) is 25.7 Å². The molecule has 0 saturated heterocycles. The molecule has 2 aliphatic rings. The van der Waals surface area contributed by atoms with Crippen LogP contribution in [0.4, 0.5) is 0 Å². The number of hydrogen-bond donors (Lipinski definition) is 1. The van der Waals surface area contributed by atoms with Crippen molar-refractivity contribution in [2.75, 3.05) is 0 Å². The Morgan fingerprint density at radius 1 is 1.45 bits per heavy atom. The van der Waals surface area contributed by atoms with E-state index in [9.17, 15) is 0 Å². The lowest BCUT2D eigenvalue weighted by Gasteiger charge is -2.38. The Bertz CT molecular complexity index is 162. The summed E-state index contributed by atoms with van der Waals surface area (Å²) in [6.45, 7) is 4.68. The number of nitrogens with two attached hydrogens (primary N) is 1. The summed E-state index contributed by atoms with van der Waals surface area (Å²) in [5.74, 6) is 1.82. The molecule has 4 atom stereocenters. The maximum Gasteiger partial charge on any atom is 0.0124 e. The van der Waals surface area contributed by atoms with Crippen LogP contribution in [0.1, 0.15) is 39.5 Å². The molecule has 0 aromatic rings. The molecule has 2 bridgehead atoms. The molecule has 0 aromatic heterocycles. The standard InChI is InChI=1S/C10H19N/c1-3-10(2)8-5-4-7(6-8)9(10)11/h7-9H,3-6,11H2,1-2H3/t7-,8+,9-,10+/m0/s1. The lowest BCUT2D eigenvalue weighted by molar-refractivity contribution is 0.149. The van der Waals surface area contributed by atoms with Crippen LogP contribution in [0.25, 0.3) is 0 Å². The third kappa shape index (κ3) is 0.807.